The molecule has 0 atom stereocenters. The van der Waals surface area contributed by atoms with Gasteiger partial charge in [-0.25, -0.2) is 4.68 Å². The van der Waals surface area contributed by atoms with E-state index in [1.165, 1.54) is 0 Å². The lowest BCUT2D eigenvalue weighted by atomic mass is 10.2. The average molecular weight is 349 g/mol. The van der Waals surface area contributed by atoms with E-state index in [1.807, 2.05) is 71.7 Å². The molecule has 0 radical (unpaired) electrons. The van der Waals surface area contributed by atoms with Crippen LogP contribution < -0.4 is 11.1 Å². The SMILES string of the molecule is COCc1ccccc1NC(N)=NCCc1cnn(-c2ccccc2)c1. The van der Waals surface area contributed by atoms with Gasteiger partial charge in [0.15, 0.2) is 5.96 Å². The molecule has 0 spiro atoms. The van der Waals surface area contributed by atoms with E-state index < -0.39 is 0 Å². The standard InChI is InChI=1S/C20H23N5O/c1-26-15-17-7-5-6-10-19(17)24-20(21)22-12-11-16-13-23-25(14-16)18-8-3-2-4-9-18/h2-10,13-14H,11-12,15H2,1H3,(H3,21,22,24). The van der Waals surface area contributed by atoms with Crippen LogP contribution in [0.15, 0.2) is 72.0 Å². The molecular weight excluding hydrogens is 326 g/mol. The molecule has 6 heteroatoms. The fourth-order valence-electron chi connectivity index (χ4n) is 2.62. The molecule has 0 bridgehead atoms. The predicted octanol–water partition coefficient (Wildman–Crippen LogP) is 2.99. The van der Waals surface area contributed by atoms with Crippen molar-refractivity contribution in [2.24, 2.45) is 10.7 Å². The van der Waals surface area contributed by atoms with E-state index in [0.717, 1.165) is 28.9 Å². The lowest BCUT2D eigenvalue weighted by Crippen LogP contribution is -2.23. The maximum Gasteiger partial charge on any atom is 0.193 e. The van der Waals surface area contributed by atoms with E-state index >= 15 is 0 Å². The third-order valence-corrected chi connectivity index (χ3v) is 3.92. The van der Waals surface area contributed by atoms with Gasteiger partial charge in [-0.05, 0) is 30.2 Å². The maximum absolute atomic E-state index is 6.01. The third-order valence-electron chi connectivity index (χ3n) is 3.92. The van der Waals surface area contributed by atoms with E-state index in [-0.39, 0.29) is 0 Å². The Morgan fingerprint density at radius 1 is 1.15 bits per heavy atom. The van der Waals surface area contributed by atoms with Gasteiger partial charge >= 0.3 is 0 Å². The Balaban J connectivity index is 1.56. The summed E-state index contributed by atoms with van der Waals surface area (Å²) in [5.41, 5.74) is 10.1. The van der Waals surface area contributed by atoms with Crippen LogP contribution in [0.3, 0.4) is 0 Å². The summed E-state index contributed by atoms with van der Waals surface area (Å²) >= 11 is 0. The average Bonchev–Trinajstić information content (AvgIpc) is 3.13. The Morgan fingerprint density at radius 3 is 2.73 bits per heavy atom. The summed E-state index contributed by atoms with van der Waals surface area (Å²) in [5, 5.41) is 7.53. The van der Waals surface area contributed by atoms with Crippen LogP contribution in [0, 0.1) is 0 Å². The second-order valence-electron chi connectivity index (χ2n) is 5.86. The largest absolute Gasteiger partial charge is 0.380 e. The monoisotopic (exact) mass is 349 g/mol. The van der Waals surface area contributed by atoms with Crippen molar-refractivity contribution in [1.82, 2.24) is 9.78 Å². The third kappa shape index (κ3) is 4.70. The summed E-state index contributed by atoms with van der Waals surface area (Å²) in [4.78, 5) is 4.40. The van der Waals surface area contributed by atoms with Crippen molar-refractivity contribution in [3.8, 4) is 5.69 Å². The van der Waals surface area contributed by atoms with E-state index in [4.69, 9.17) is 10.5 Å². The summed E-state index contributed by atoms with van der Waals surface area (Å²) < 4.78 is 7.06. The molecule has 3 N–H and O–H groups in total. The number of para-hydroxylation sites is 2. The predicted molar refractivity (Wildman–Crippen MR) is 105 cm³/mol. The maximum atomic E-state index is 6.01. The number of nitrogens with two attached hydrogens (primary N) is 1. The first kappa shape index (κ1) is 17.7. The van der Waals surface area contributed by atoms with Gasteiger partial charge in [0.2, 0.25) is 0 Å². The van der Waals surface area contributed by atoms with Crippen molar-refractivity contribution < 1.29 is 4.74 Å². The van der Waals surface area contributed by atoms with Crippen molar-refractivity contribution in [3.63, 3.8) is 0 Å². The Morgan fingerprint density at radius 2 is 1.92 bits per heavy atom. The lowest BCUT2D eigenvalue weighted by molar-refractivity contribution is 0.185. The highest BCUT2D eigenvalue weighted by Gasteiger charge is 2.03. The van der Waals surface area contributed by atoms with Crippen LogP contribution >= 0.6 is 0 Å². The van der Waals surface area contributed by atoms with E-state index in [9.17, 15) is 0 Å². The van der Waals surface area contributed by atoms with Gasteiger partial charge in [0, 0.05) is 31.1 Å². The number of methoxy groups -OCH3 is 1. The smallest absolute Gasteiger partial charge is 0.193 e. The minimum Gasteiger partial charge on any atom is -0.380 e. The van der Waals surface area contributed by atoms with Gasteiger partial charge in [-0.1, -0.05) is 36.4 Å². The van der Waals surface area contributed by atoms with Crippen LogP contribution in [-0.4, -0.2) is 29.4 Å². The van der Waals surface area contributed by atoms with Crippen LogP contribution in [0.4, 0.5) is 5.69 Å². The Bertz CT molecular complexity index is 857. The number of anilines is 1. The second-order valence-corrected chi connectivity index (χ2v) is 5.86. The molecule has 0 unspecified atom stereocenters. The Kier molecular flexibility index (Phi) is 6.01. The quantitative estimate of drug-likeness (QED) is 0.508. The molecule has 0 amide bonds. The van der Waals surface area contributed by atoms with Crippen molar-refractivity contribution in [2.75, 3.05) is 19.0 Å². The molecule has 1 aromatic heterocycles. The number of hydrogen-bond acceptors (Lipinski definition) is 3. The molecule has 0 aliphatic rings. The van der Waals surface area contributed by atoms with Gasteiger partial charge in [0.1, 0.15) is 0 Å². The van der Waals surface area contributed by atoms with E-state index in [1.54, 1.807) is 7.11 Å². The molecule has 0 fully saturated rings. The number of aromatic nitrogens is 2. The molecule has 1 heterocycles. The molecule has 0 aliphatic heterocycles. The molecule has 0 saturated heterocycles. The Hall–Kier alpha value is -3.12. The van der Waals surface area contributed by atoms with Crippen molar-refractivity contribution in [1.29, 1.82) is 0 Å². The molecule has 2 aromatic carbocycles. The van der Waals surface area contributed by atoms with Gasteiger partial charge < -0.3 is 15.8 Å². The number of rotatable bonds is 7. The van der Waals surface area contributed by atoms with Gasteiger partial charge in [-0.3, -0.25) is 4.99 Å². The van der Waals surface area contributed by atoms with Crippen molar-refractivity contribution >= 4 is 11.6 Å². The number of nitrogens with zero attached hydrogens (tertiary/aromatic N) is 3. The van der Waals surface area contributed by atoms with Crippen molar-refractivity contribution in [2.45, 2.75) is 13.0 Å². The van der Waals surface area contributed by atoms with Crippen LogP contribution in [0.5, 0.6) is 0 Å². The molecule has 0 saturated carbocycles. The molecule has 26 heavy (non-hydrogen) atoms. The van der Waals surface area contributed by atoms with Gasteiger partial charge in [0.25, 0.3) is 0 Å². The highest BCUT2D eigenvalue weighted by atomic mass is 16.5. The number of nitrogens with one attached hydrogen (secondary N) is 1. The number of benzene rings is 2. The molecule has 134 valence electrons. The molecule has 3 aromatic rings. The molecule has 0 aliphatic carbocycles. The summed E-state index contributed by atoms with van der Waals surface area (Å²) in [7, 11) is 1.67. The fraction of sp³-hybridized carbons (Fsp3) is 0.200. The number of hydrogen-bond donors (Lipinski definition) is 2. The van der Waals surface area contributed by atoms with Crippen LogP contribution in [0.25, 0.3) is 5.69 Å². The topological polar surface area (TPSA) is 77.5 Å². The summed E-state index contributed by atoms with van der Waals surface area (Å²) in [6, 6.07) is 17.9. The minimum absolute atomic E-state index is 0.393. The zero-order chi connectivity index (χ0) is 18.2. The minimum atomic E-state index is 0.393. The zero-order valence-corrected chi connectivity index (χ0v) is 14.8. The summed E-state index contributed by atoms with van der Waals surface area (Å²) in [6.07, 6.45) is 4.65. The Labute approximate surface area is 153 Å². The molecular formula is C20H23N5O. The normalized spacial score (nSPS) is 11.5. The highest BCUT2D eigenvalue weighted by molar-refractivity contribution is 5.92. The molecule has 3 rings (SSSR count). The first-order valence-electron chi connectivity index (χ1n) is 8.49. The van der Waals surface area contributed by atoms with Gasteiger partial charge in [-0.2, -0.15) is 5.10 Å². The summed E-state index contributed by atoms with van der Waals surface area (Å²) in [6.45, 7) is 1.11. The van der Waals surface area contributed by atoms with Gasteiger partial charge in [-0.15, -0.1) is 0 Å². The number of aliphatic imine (C=N–C) groups is 1. The van der Waals surface area contributed by atoms with Crippen LogP contribution in [0.1, 0.15) is 11.1 Å². The first-order valence-corrected chi connectivity index (χ1v) is 8.49. The number of ether oxygens (including phenoxy) is 1. The highest BCUT2D eigenvalue weighted by Crippen LogP contribution is 2.15. The number of guanidine groups is 1. The lowest BCUT2D eigenvalue weighted by Gasteiger charge is -2.10. The van der Waals surface area contributed by atoms with E-state index in [0.29, 0.717) is 19.1 Å². The van der Waals surface area contributed by atoms with E-state index in [2.05, 4.69) is 15.4 Å². The van der Waals surface area contributed by atoms with Crippen molar-refractivity contribution in [3.05, 3.63) is 78.1 Å². The second kappa shape index (κ2) is 8.82. The molecule has 6 nitrogen and oxygen atoms in total. The zero-order valence-electron chi connectivity index (χ0n) is 14.8. The van der Waals surface area contributed by atoms with Crippen LogP contribution in [-0.2, 0) is 17.8 Å². The van der Waals surface area contributed by atoms with Gasteiger partial charge in [0.05, 0.1) is 18.5 Å². The summed E-state index contributed by atoms with van der Waals surface area (Å²) in [5.74, 6) is 0.393. The first-order chi connectivity index (χ1) is 12.8. The fourth-order valence-corrected chi connectivity index (χ4v) is 2.62. The van der Waals surface area contributed by atoms with Crippen LogP contribution in [0.2, 0.25) is 0 Å².